The number of carbonyl (C=O) groups excluding carboxylic acids is 1. The van der Waals surface area contributed by atoms with Crippen molar-refractivity contribution in [2.45, 2.75) is 65.7 Å². The molecule has 1 aliphatic rings. The molecule has 1 saturated heterocycles. The van der Waals surface area contributed by atoms with E-state index < -0.39 is 0 Å². The van der Waals surface area contributed by atoms with Gasteiger partial charge in [0.05, 0.1) is 0 Å². The van der Waals surface area contributed by atoms with Crippen LogP contribution in [0.1, 0.15) is 65.7 Å². The lowest BCUT2D eigenvalue weighted by Crippen LogP contribution is -2.40. The van der Waals surface area contributed by atoms with Gasteiger partial charge in [-0.3, -0.25) is 4.79 Å². The molecule has 2 heteroatoms. The van der Waals surface area contributed by atoms with E-state index in [-0.39, 0.29) is 5.91 Å². The van der Waals surface area contributed by atoms with Gasteiger partial charge in [0.15, 0.2) is 0 Å². The van der Waals surface area contributed by atoms with Gasteiger partial charge in [-0.15, -0.1) is 0 Å². The number of hydrogen-bond donors (Lipinski definition) is 0. The first kappa shape index (κ1) is 14.5. The van der Waals surface area contributed by atoms with Crippen molar-refractivity contribution < 1.29 is 4.79 Å². The Balaban J connectivity index is 0.000000262. The molecule has 0 atom stereocenters. The summed E-state index contributed by atoms with van der Waals surface area (Å²) in [5.74, 6) is 0.214. The fraction of sp³-hybridized carbons (Fsp3) is 0.923. The van der Waals surface area contributed by atoms with Crippen LogP contribution in [0.25, 0.3) is 0 Å². The van der Waals surface area contributed by atoms with Gasteiger partial charge in [-0.25, -0.2) is 0 Å². The topological polar surface area (TPSA) is 20.3 Å². The van der Waals surface area contributed by atoms with Gasteiger partial charge >= 0.3 is 0 Å². The Morgan fingerprint density at radius 1 is 1.00 bits per heavy atom. The summed E-state index contributed by atoms with van der Waals surface area (Å²) >= 11 is 0. The molecule has 0 aromatic rings. The van der Waals surface area contributed by atoms with Gasteiger partial charge in [0, 0.05) is 20.0 Å². The summed E-state index contributed by atoms with van der Waals surface area (Å²) in [5.41, 5.74) is 0. The second-order valence-corrected chi connectivity index (χ2v) is 4.27. The zero-order valence-corrected chi connectivity index (χ0v) is 10.7. The molecule has 90 valence electrons. The number of rotatable bonds is 5. The van der Waals surface area contributed by atoms with E-state index >= 15 is 0 Å². The number of likely N-dealkylation sites (tertiary alicyclic amines) is 1. The molecule has 1 fully saturated rings. The Bertz CT molecular complexity index is 147. The second kappa shape index (κ2) is 10.0. The smallest absolute Gasteiger partial charge is 0.219 e. The number of unbranched alkanes of at least 4 members (excludes halogenated alkanes) is 5. The number of hydrogen-bond acceptors (Lipinski definition) is 1. The van der Waals surface area contributed by atoms with E-state index in [9.17, 15) is 4.79 Å². The van der Waals surface area contributed by atoms with Crippen LogP contribution >= 0.6 is 0 Å². The zero-order chi connectivity index (χ0) is 11.5. The lowest BCUT2D eigenvalue weighted by molar-refractivity contribution is -0.132. The van der Waals surface area contributed by atoms with Gasteiger partial charge in [0.25, 0.3) is 0 Å². The third kappa shape index (κ3) is 8.46. The fourth-order valence-electron chi connectivity index (χ4n) is 1.48. The van der Waals surface area contributed by atoms with Crippen LogP contribution in [-0.4, -0.2) is 23.9 Å². The Morgan fingerprint density at radius 2 is 1.47 bits per heavy atom. The van der Waals surface area contributed by atoms with Gasteiger partial charge in [0.2, 0.25) is 5.91 Å². The van der Waals surface area contributed by atoms with E-state index in [1.807, 2.05) is 4.90 Å². The molecule has 0 N–H and O–H groups in total. The number of nitrogens with zero attached hydrogens (tertiary/aromatic N) is 1. The van der Waals surface area contributed by atoms with Crippen molar-refractivity contribution >= 4 is 5.91 Å². The molecule has 0 aromatic heterocycles. The molecule has 0 bridgehead atoms. The zero-order valence-electron chi connectivity index (χ0n) is 10.7. The average Bonchev–Trinajstić information content (AvgIpc) is 2.10. The van der Waals surface area contributed by atoms with E-state index in [1.165, 1.54) is 44.9 Å². The molecule has 0 spiro atoms. The highest BCUT2D eigenvalue weighted by atomic mass is 16.2. The monoisotopic (exact) mass is 213 g/mol. The van der Waals surface area contributed by atoms with Crippen molar-refractivity contribution in [2.75, 3.05) is 13.1 Å². The van der Waals surface area contributed by atoms with E-state index in [1.54, 1.807) is 6.92 Å². The molecule has 1 rings (SSSR count). The molecule has 1 aliphatic heterocycles. The van der Waals surface area contributed by atoms with Crippen molar-refractivity contribution in [3.8, 4) is 0 Å². The fourth-order valence-corrected chi connectivity index (χ4v) is 1.48. The van der Waals surface area contributed by atoms with Crippen LogP contribution in [-0.2, 0) is 4.79 Å². The number of carbonyl (C=O) groups is 1. The molecule has 0 radical (unpaired) electrons. The molecular weight excluding hydrogens is 186 g/mol. The Hall–Kier alpha value is -0.530. The maximum Gasteiger partial charge on any atom is 0.219 e. The predicted octanol–water partition coefficient (Wildman–Crippen LogP) is 3.61. The lowest BCUT2D eigenvalue weighted by Gasteiger charge is -2.29. The van der Waals surface area contributed by atoms with E-state index in [4.69, 9.17) is 0 Å². The van der Waals surface area contributed by atoms with Gasteiger partial charge in [-0.1, -0.05) is 52.4 Å². The Labute approximate surface area is 95.0 Å². The standard InChI is InChI=1S/C8H18.C5H9NO/c1-3-5-7-8-6-4-2;1-5(7)6-3-2-4-6/h3-8H2,1-2H3;2-4H2,1H3. The molecule has 0 aliphatic carbocycles. The normalized spacial score (nSPS) is 13.9. The highest BCUT2D eigenvalue weighted by Gasteiger charge is 2.14. The molecule has 1 amide bonds. The highest BCUT2D eigenvalue weighted by Crippen LogP contribution is 2.04. The van der Waals surface area contributed by atoms with Crippen LogP contribution in [0.15, 0.2) is 0 Å². The first-order valence-electron chi connectivity index (χ1n) is 6.47. The summed E-state index contributed by atoms with van der Waals surface area (Å²) in [6.45, 7) is 8.09. The summed E-state index contributed by atoms with van der Waals surface area (Å²) in [6.07, 6.45) is 9.68. The van der Waals surface area contributed by atoms with Crippen LogP contribution < -0.4 is 0 Å². The predicted molar refractivity (Wildman–Crippen MR) is 65.9 cm³/mol. The van der Waals surface area contributed by atoms with Crippen LogP contribution in [0, 0.1) is 0 Å². The van der Waals surface area contributed by atoms with E-state index in [0.29, 0.717) is 0 Å². The van der Waals surface area contributed by atoms with E-state index in [2.05, 4.69) is 13.8 Å². The summed E-state index contributed by atoms with van der Waals surface area (Å²) < 4.78 is 0. The van der Waals surface area contributed by atoms with Crippen LogP contribution in [0.3, 0.4) is 0 Å². The summed E-state index contributed by atoms with van der Waals surface area (Å²) in [7, 11) is 0. The minimum Gasteiger partial charge on any atom is -0.343 e. The first-order valence-corrected chi connectivity index (χ1v) is 6.47. The maximum absolute atomic E-state index is 10.4. The van der Waals surface area contributed by atoms with Crippen molar-refractivity contribution in [2.24, 2.45) is 0 Å². The molecule has 0 aromatic carbocycles. The Morgan fingerprint density at radius 3 is 1.60 bits per heavy atom. The van der Waals surface area contributed by atoms with E-state index in [0.717, 1.165) is 13.1 Å². The largest absolute Gasteiger partial charge is 0.343 e. The maximum atomic E-state index is 10.4. The highest BCUT2D eigenvalue weighted by molar-refractivity contribution is 5.73. The van der Waals surface area contributed by atoms with Crippen molar-refractivity contribution in [1.82, 2.24) is 4.90 Å². The number of amides is 1. The van der Waals surface area contributed by atoms with Gasteiger partial charge in [-0.2, -0.15) is 0 Å². The molecule has 2 nitrogen and oxygen atoms in total. The summed E-state index contributed by atoms with van der Waals surface area (Å²) in [4.78, 5) is 12.2. The van der Waals surface area contributed by atoms with Crippen LogP contribution in [0.5, 0.6) is 0 Å². The van der Waals surface area contributed by atoms with Crippen molar-refractivity contribution in [1.29, 1.82) is 0 Å². The summed E-state index contributed by atoms with van der Waals surface area (Å²) in [5, 5.41) is 0. The van der Waals surface area contributed by atoms with Crippen molar-refractivity contribution in [3.05, 3.63) is 0 Å². The lowest BCUT2D eigenvalue weighted by atomic mass is 10.1. The SMILES string of the molecule is CC(=O)N1CCC1.CCCCCCCC. The third-order valence-electron chi connectivity index (χ3n) is 2.76. The minimum atomic E-state index is 0.214. The molecule has 15 heavy (non-hydrogen) atoms. The van der Waals surface area contributed by atoms with Crippen LogP contribution in [0.2, 0.25) is 0 Å². The second-order valence-electron chi connectivity index (χ2n) is 4.27. The Kier molecular flexibility index (Phi) is 9.65. The quantitative estimate of drug-likeness (QED) is 0.639. The average molecular weight is 213 g/mol. The first-order chi connectivity index (χ1) is 7.22. The van der Waals surface area contributed by atoms with Gasteiger partial charge in [0.1, 0.15) is 0 Å². The third-order valence-corrected chi connectivity index (χ3v) is 2.76. The molecule has 0 saturated carbocycles. The summed E-state index contributed by atoms with van der Waals surface area (Å²) in [6, 6.07) is 0. The van der Waals surface area contributed by atoms with Crippen molar-refractivity contribution in [3.63, 3.8) is 0 Å². The molecular formula is C13H27NO. The minimum absolute atomic E-state index is 0.214. The molecule has 1 heterocycles. The van der Waals surface area contributed by atoms with Gasteiger partial charge in [-0.05, 0) is 6.42 Å². The van der Waals surface area contributed by atoms with Crippen LogP contribution in [0.4, 0.5) is 0 Å². The molecule has 0 unspecified atom stereocenters. The van der Waals surface area contributed by atoms with Gasteiger partial charge < -0.3 is 4.90 Å².